The number of hydrogen-bond acceptors (Lipinski definition) is 9. The molecule has 0 aliphatic rings. The molecule has 3 amide bonds. The molecule has 4 unspecified atom stereocenters. The number of nitrogens with two attached hydrogens (primary N) is 1. The molecule has 0 aromatic carbocycles. The maximum atomic E-state index is 12.2. The van der Waals surface area contributed by atoms with Gasteiger partial charge >= 0.3 is 5.97 Å². The topological polar surface area (TPSA) is 240 Å². The van der Waals surface area contributed by atoms with Crippen molar-refractivity contribution in [2.24, 2.45) is 5.73 Å². The molecular formula is C15H24N6O8. The summed E-state index contributed by atoms with van der Waals surface area (Å²) in [6, 6.07) is -5.76. The van der Waals surface area contributed by atoms with Crippen LogP contribution in [-0.4, -0.2) is 98.1 Å². The molecule has 162 valence electrons. The zero-order valence-electron chi connectivity index (χ0n) is 15.2. The van der Waals surface area contributed by atoms with Gasteiger partial charge < -0.3 is 47.1 Å². The van der Waals surface area contributed by atoms with Gasteiger partial charge in [0.2, 0.25) is 17.7 Å². The Morgan fingerprint density at radius 3 is 1.83 bits per heavy atom. The van der Waals surface area contributed by atoms with Crippen molar-refractivity contribution in [2.45, 2.75) is 30.6 Å². The third-order valence-corrected chi connectivity index (χ3v) is 3.76. The molecule has 0 aliphatic heterocycles. The highest BCUT2D eigenvalue weighted by molar-refractivity contribution is 5.94. The number of carboxylic acids is 1. The fraction of sp³-hybridized carbons (Fsp3) is 0.533. The predicted octanol–water partition coefficient (Wildman–Crippen LogP) is -5.20. The zero-order valence-corrected chi connectivity index (χ0v) is 15.2. The number of aliphatic hydroxyl groups is 3. The SMILES string of the molecule is NC(Cc1cnc[nH]1)C(=O)NC(CO)C(=O)NC(CO)C(=O)NC(CO)C(=O)O. The number of aromatic amines is 1. The van der Waals surface area contributed by atoms with Gasteiger partial charge in [0, 0.05) is 18.3 Å². The largest absolute Gasteiger partial charge is 0.480 e. The summed E-state index contributed by atoms with van der Waals surface area (Å²) in [6.07, 6.45) is 2.95. The molecule has 0 saturated heterocycles. The number of hydrogen-bond donors (Lipinski definition) is 9. The minimum atomic E-state index is -1.64. The summed E-state index contributed by atoms with van der Waals surface area (Å²) in [4.78, 5) is 53.6. The van der Waals surface area contributed by atoms with Crippen LogP contribution in [0.1, 0.15) is 5.69 Å². The Hall–Kier alpha value is -3.07. The minimum Gasteiger partial charge on any atom is -0.480 e. The van der Waals surface area contributed by atoms with Gasteiger partial charge in [-0.25, -0.2) is 9.78 Å². The lowest BCUT2D eigenvalue weighted by molar-refractivity contribution is -0.143. The number of aliphatic hydroxyl groups excluding tert-OH is 3. The average Bonchev–Trinajstić information content (AvgIpc) is 3.20. The number of aromatic nitrogens is 2. The first-order valence-electron chi connectivity index (χ1n) is 8.42. The van der Waals surface area contributed by atoms with Crippen molar-refractivity contribution in [2.75, 3.05) is 19.8 Å². The van der Waals surface area contributed by atoms with Gasteiger partial charge in [-0.1, -0.05) is 0 Å². The summed E-state index contributed by atoms with van der Waals surface area (Å²) < 4.78 is 0. The molecule has 1 heterocycles. The van der Waals surface area contributed by atoms with Crippen LogP contribution >= 0.6 is 0 Å². The molecule has 4 atom stereocenters. The molecule has 1 aromatic rings. The molecule has 0 fully saturated rings. The summed E-state index contributed by atoms with van der Waals surface area (Å²) in [5.41, 5.74) is 6.30. The molecule has 14 heteroatoms. The van der Waals surface area contributed by atoms with Crippen LogP contribution in [0.2, 0.25) is 0 Å². The Kier molecular flexibility index (Phi) is 9.67. The number of amides is 3. The number of nitrogens with one attached hydrogen (secondary N) is 4. The highest BCUT2D eigenvalue weighted by Gasteiger charge is 2.29. The van der Waals surface area contributed by atoms with Crippen LogP contribution in [0, 0.1) is 0 Å². The highest BCUT2D eigenvalue weighted by atomic mass is 16.4. The Labute approximate surface area is 164 Å². The van der Waals surface area contributed by atoms with E-state index < -0.39 is 67.7 Å². The van der Waals surface area contributed by atoms with Crippen LogP contribution in [-0.2, 0) is 25.6 Å². The lowest BCUT2D eigenvalue weighted by atomic mass is 10.1. The van der Waals surface area contributed by atoms with E-state index in [0.717, 1.165) is 0 Å². The molecule has 0 spiro atoms. The van der Waals surface area contributed by atoms with E-state index in [1.165, 1.54) is 12.5 Å². The number of carbonyl (C=O) groups excluding carboxylic acids is 3. The lowest BCUT2D eigenvalue weighted by Gasteiger charge is -2.23. The first-order chi connectivity index (χ1) is 13.7. The fourth-order valence-corrected chi connectivity index (χ4v) is 2.12. The Balaban J connectivity index is 2.66. The number of carbonyl (C=O) groups is 4. The van der Waals surface area contributed by atoms with Crippen molar-refractivity contribution >= 4 is 23.7 Å². The third kappa shape index (κ3) is 7.46. The summed E-state index contributed by atoms with van der Waals surface area (Å²) in [5, 5.41) is 42.5. The molecule has 0 bridgehead atoms. The van der Waals surface area contributed by atoms with Gasteiger partial charge in [0.05, 0.1) is 32.2 Å². The van der Waals surface area contributed by atoms with Crippen LogP contribution in [0.4, 0.5) is 0 Å². The quantitative estimate of drug-likeness (QED) is 0.157. The van der Waals surface area contributed by atoms with Crippen molar-refractivity contribution in [3.8, 4) is 0 Å². The number of nitrogens with zero attached hydrogens (tertiary/aromatic N) is 1. The number of rotatable bonds is 12. The first-order valence-corrected chi connectivity index (χ1v) is 8.42. The molecule has 29 heavy (non-hydrogen) atoms. The van der Waals surface area contributed by atoms with Crippen LogP contribution < -0.4 is 21.7 Å². The standard InChI is InChI=1S/C15H24N6O8/c16-8(1-7-2-17-6-18-7)12(25)19-9(3-22)13(26)20-10(4-23)14(27)21-11(5-24)15(28)29/h2,6,8-11,22-24H,1,3-5,16H2,(H,17,18)(H,19,25)(H,20,26)(H,21,27)(H,28,29). The molecular weight excluding hydrogens is 392 g/mol. The molecule has 1 aromatic heterocycles. The van der Waals surface area contributed by atoms with E-state index in [9.17, 15) is 29.4 Å². The minimum absolute atomic E-state index is 0.0883. The first kappa shape index (κ1) is 24.0. The molecule has 1 rings (SSSR count). The number of H-pyrrole nitrogens is 1. The second kappa shape index (κ2) is 11.7. The van der Waals surface area contributed by atoms with Crippen molar-refractivity contribution in [1.29, 1.82) is 0 Å². The second-order valence-electron chi connectivity index (χ2n) is 5.96. The summed E-state index contributed by atoms with van der Waals surface area (Å²) in [7, 11) is 0. The van der Waals surface area contributed by atoms with Crippen LogP contribution in [0.15, 0.2) is 12.5 Å². The number of imidazole rings is 1. The van der Waals surface area contributed by atoms with Gasteiger partial charge in [0.15, 0.2) is 0 Å². The van der Waals surface area contributed by atoms with E-state index in [1.807, 2.05) is 5.32 Å². The van der Waals surface area contributed by atoms with Gasteiger partial charge in [-0.3, -0.25) is 14.4 Å². The van der Waals surface area contributed by atoms with E-state index in [1.54, 1.807) is 0 Å². The van der Waals surface area contributed by atoms with E-state index in [0.29, 0.717) is 5.69 Å². The normalized spacial score (nSPS) is 14.9. The third-order valence-electron chi connectivity index (χ3n) is 3.76. The van der Waals surface area contributed by atoms with Crippen molar-refractivity contribution in [3.05, 3.63) is 18.2 Å². The molecule has 0 aliphatic carbocycles. The Morgan fingerprint density at radius 1 is 0.931 bits per heavy atom. The molecule has 0 radical (unpaired) electrons. The van der Waals surface area contributed by atoms with Crippen molar-refractivity contribution in [1.82, 2.24) is 25.9 Å². The summed E-state index contributed by atoms with van der Waals surface area (Å²) in [5.74, 6) is -4.37. The number of aliphatic carboxylic acids is 1. The zero-order chi connectivity index (χ0) is 22.0. The van der Waals surface area contributed by atoms with Gasteiger partial charge in [0.1, 0.15) is 18.1 Å². The van der Waals surface area contributed by atoms with Crippen LogP contribution in [0.3, 0.4) is 0 Å². The van der Waals surface area contributed by atoms with E-state index >= 15 is 0 Å². The van der Waals surface area contributed by atoms with Crippen LogP contribution in [0.25, 0.3) is 0 Å². The molecule has 14 nitrogen and oxygen atoms in total. The predicted molar refractivity (Wildman–Crippen MR) is 95.0 cm³/mol. The van der Waals surface area contributed by atoms with Crippen molar-refractivity contribution < 1.29 is 39.6 Å². The van der Waals surface area contributed by atoms with Gasteiger partial charge in [-0.15, -0.1) is 0 Å². The van der Waals surface area contributed by atoms with E-state index in [2.05, 4.69) is 20.6 Å². The lowest BCUT2D eigenvalue weighted by Crippen LogP contribution is -2.59. The van der Waals surface area contributed by atoms with Gasteiger partial charge in [0.25, 0.3) is 0 Å². The average molecular weight is 416 g/mol. The molecule has 10 N–H and O–H groups in total. The van der Waals surface area contributed by atoms with E-state index in [4.69, 9.17) is 15.9 Å². The maximum Gasteiger partial charge on any atom is 0.328 e. The van der Waals surface area contributed by atoms with Crippen LogP contribution in [0.5, 0.6) is 0 Å². The fourth-order valence-electron chi connectivity index (χ4n) is 2.12. The Bertz CT molecular complexity index is 697. The monoisotopic (exact) mass is 416 g/mol. The Morgan fingerprint density at radius 2 is 1.41 bits per heavy atom. The van der Waals surface area contributed by atoms with E-state index in [-0.39, 0.29) is 6.42 Å². The summed E-state index contributed by atoms with van der Waals surface area (Å²) in [6.45, 7) is -2.64. The summed E-state index contributed by atoms with van der Waals surface area (Å²) >= 11 is 0. The van der Waals surface area contributed by atoms with Crippen molar-refractivity contribution in [3.63, 3.8) is 0 Å². The second-order valence-corrected chi connectivity index (χ2v) is 5.96. The number of carboxylic acid groups (broad SMARTS) is 1. The smallest absolute Gasteiger partial charge is 0.328 e. The van der Waals surface area contributed by atoms with Gasteiger partial charge in [-0.05, 0) is 0 Å². The highest BCUT2D eigenvalue weighted by Crippen LogP contribution is 1.98. The maximum absolute atomic E-state index is 12.2. The molecule has 0 saturated carbocycles. The van der Waals surface area contributed by atoms with Gasteiger partial charge in [-0.2, -0.15) is 0 Å².